The van der Waals surface area contributed by atoms with Crippen molar-refractivity contribution in [3.05, 3.63) is 445 Å². The van der Waals surface area contributed by atoms with Crippen molar-refractivity contribution in [3.8, 4) is 124 Å². The van der Waals surface area contributed by atoms with Gasteiger partial charge in [-0.1, -0.05) is 394 Å². The molecular weight excluding hydrogens is 1260 g/mol. The van der Waals surface area contributed by atoms with Crippen molar-refractivity contribution < 1.29 is 13.7 Å². The molecule has 0 atom stereocenters. The van der Waals surface area contributed by atoms with E-state index in [2.05, 4.69) is 258 Å². The molecule has 0 radical (unpaired) electrons. The molecule has 0 N–H and O–H groups in total. The summed E-state index contributed by atoms with van der Waals surface area (Å²) in [6, 6.07) is 113. The topological polar surface area (TPSA) is 77.3 Å². The van der Waals surface area contributed by atoms with Gasteiger partial charge >= 0.3 is 0 Å². The quantitative estimate of drug-likeness (QED) is 0.114. The number of nitrogens with zero attached hydrogens (tertiary/aromatic N) is 6. The highest BCUT2D eigenvalue weighted by Crippen LogP contribution is 2.60. The van der Waals surface area contributed by atoms with E-state index in [4.69, 9.17) is 28.7 Å². The van der Waals surface area contributed by atoms with Crippen LogP contribution in [0.15, 0.2) is 400 Å². The van der Waals surface area contributed by atoms with Crippen LogP contribution in [0.5, 0.6) is 0 Å². The average molecular weight is 1340 g/mol. The number of rotatable bonds is 13. The lowest BCUT2D eigenvalue weighted by Gasteiger charge is -2.34. The molecule has 2 aromatic heterocycles. The molecule has 0 unspecified atom stereocenters. The average Bonchev–Trinajstić information content (AvgIpc) is 1.54. The van der Waals surface area contributed by atoms with Gasteiger partial charge in [-0.05, 0) is 106 Å². The lowest BCUT2D eigenvalue weighted by atomic mass is 9.67. The van der Waals surface area contributed by atoms with Crippen LogP contribution in [-0.2, 0) is 10.8 Å². The number of fused-ring (bicyclic) bond motifs is 6. The Balaban J connectivity index is 0.000000159. The first-order chi connectivity index (χ1) is 55.7. The summed E-state index contributed by atoms with van der Waals surface area (Å²) < 4.78 is 83.9. The molecule has 6 nitrogen and oxygen atoms in total. The van der Waals surface area contributed by atoms with Crippen LogP contribution < -0.4 is 0 Å². The smallest absolute Gasteiger partial charge is 0.164 e. The van der Waals surface area contributed by atoms with Crippen molar-refractivity contribution in [2.24, 2.45) is 0 Å². The van der Waals surface area contributed by atoms with Gasteiger partial charge in [0.15, 0.2) is 34.9 Å². The van der Waals surface area contributed by atoms with E-state index in [1.54, 1.807) is 12.1 Å². The first kappa shape index (κ1) is 52.4. The molecule has 0 saturated carbocycles. The van der Waals surface area contributed by atoms with Crippen molar-refractivity contribution >= 4 is 0 Å². The van der Waals surface area contributed by atoms with Crippen LogP contribution in [0.2, 0.25) is 0 Å². The van der Waals surface area contributed by atoms with Gasteiger partial charge in [-0.15, -0.1) is 0 Å². The van der Waals surface area contributed by atoms with E-state index >= 15 is 0 Å². The second kappa shape index (κ2) is 27.1. The zero-order chi connectivity index (χ0) is 77.9. The second-order valence-corrected chi connectivity index (χ2v) is 25.6. The molecule has 0 bridgehead atoms. The molecule has 0 spiro atoms. The maximum absolute atomic E-state index is 8.65. The van der Waals surface area contributed by atoms with E-state index in [-0.39, 0.29) is 28.6 Å². The lowest BCUT2D eigenvalue weighted by molar-refractivity contribution is 0.768. The van der Waals surface area contributed by atoms with E-state index in [0.717, 1.165) is 77.9 Å². The van der Waals surface area contributed by atoms with Crippen LogP contribution in [0.3, 0.4) is 0 Å². The highest BCUT2D eigenvalue weighted by Gasteiger charge is 2.48. The fourth-order valence-electron chi connectivity index (χ4n) is 15.4. The predicted octanol–water partition coefficient (Wildman–Crippen LogP) is 23.5. The molecule has 0 saturated heterocycles. The van der Waals surface area contributed by atoms with E-state index in [1.807, 2.05) is 84.9 Å². The Kier molecular flexibility index (Phi) is 13.6. The molecule has 0 amide bonds. The molecule has 0 fully saturated rings. The van der Waals surface area contributed by atoms with Crippen LogP contribution in [0.1, 0.15) is 58.2 Å². The number of hydrogen-bond donors (Lipinski definition) is 0. The normalized spacial score (nSPS) is 13.9. The van der Waals surface area contributed by atoms with Crippen molar-refractivity contribution in [2.45, 2.75) is 10.8 Å². The molecule has 104 heavy (non-hydrogen) atoms. The summed E-state index contributed by atoms with van der Waals surface area (Å²) >= 11 is 0. The predicted molar refractivity (Wildman–Crippen MR) is 423 cm³/mol. The minimum absolute atomic E-state index is 0.00554. The largest absolute Gasteiger partial charge is 0.208 e. The first-order valence-corrected chi connectivity index (χ1v) is 34.5. The third kappa shape index (κ3) is 11.0. The summed E-state index contributed by atoms with van der Waals surface area (Å²) in [4.78, 5) is 28.8. The van der Waals surface area contributed by atoms with Crippen molar-refractivity contribution in [1.82, 2.24) is 29.9 Å². The van der Waals surface area contributed by atoms with Gasteiger partial charge in [0.05, 0.1) is 24.5 Å². The highest BCUT2D eigenvalue weighted by atomic mass is 15.0. The van der Waals surface area contributed by atoms with Crippen molar-refractivity contribution in [2.75, 3.05) is 0 Å². The van der Waals surface area contributed by atoms with Gasteiger partial charge in [-0.3, -0.25) is 0 Å². The van der Waals surface area contributed by atoms with Crippen LogP contribution in [0.4, 0.5) is 0 Å². The van der Waals surface area contributed by atoms with Crippen LogP contribution >= 0.6 is 0 Å². The Bertz CT molecular complexity index is 6320. The summed E-state index contributed by atoms with van der Waals surface area (Å²) in [5, 5.41) is 0. The lowest BCUT2D eigenvalue weighted by Crippen LogP contribution is -2.28. The fourth-order valence-corrected chi connectivity index (χ4v) is 15.4. The van der Waals surface area contributed by atoms with E-state index in [0.29, 0.717) is 23.0 Å². The molecule has 19 rings (SSSR count). The van der Waals surface area contributed by atoms with Crippen LogP contribution in [0.25, 0.3) is 124 Å². The molecule has 2 heterocycles. The van der Waals surface area contributed by atoms with Gasteiger partial charge in [0.2, 0.25) is 0 Å². The molecule has 0 aliphatic heterocycles. The number of benzene rings is 15. The van der Waals surface area contributed by atoms with Gasteiger partial charge in [0, 0.05) is 33.4 Å². The Morgan fingerprint density at radius 3 is 0.971 bits per heavy atom. The maximum atomic E-state index is 8.65. The fraction of sp³-hybridized carbons (Fsp3) is 0.0204. The highest BCUT2D eigenvalue weighted by molar-refractivity contribution is 5.97. The Morgan fingerprint density at radius 1 is 0.183 bits per heavy atom. The van der Waals surface area contributed by atoms with Gasteiger partial charge in [0.1, 0.15) is 0 Å². The molecule has 2 aliphatic rings. The third-order valence-corrected chi connectivity index (χ3v) is 19.9. The summed E-state index contributed by atoms with van der Waals surface area (Å²) in [5.41, 5.74) is 22.4. The molecule has 488 valence electrons. The van der Waals surface area contributed by atoms with Gasteiger partial charge < -0.3 is 0 Å². The van der Waals surface area contributed by atoms with Crippen molar-refractivity contribution in [3.63, 3.8) is 0 Å². The zero-order valence-electron chi connectivity index (χ0n) is 66.0. The van der Waals surface area contributed by atoms with Crippen LogP contribution in [0, 0.1) is 0 Å². The zero-order valence-corrected chi connectivity index (χ0v) is 56.0. The molecular formula is C98H66N6. The number of aromatic nitrogens is 6. The second-order valence-electron chi connectivity index (χ2n) is 25.6. The monoisotopic (exact) mass is 1340 g/mol. The van der Waals surface area contributed by atoms with E-state index in [1.165, 1.54) is 38.9 Å². The summed E-state index contributed by atoms with van der Waals surface area (Å²) in [6.07, 6.45) is 0. The molecule has 6 heteroatoms. The minimum Gasteiger partial charge on any atom is -0.208 e. The van der Waals surface area contributed by atoms with E-state index in [9.17, 15) is 0 Å². The Labute approximate surface area is 619 Å². The first-order valence-electron chi connectivity index (χ1n) is 39.5. The molecule has 17 aromatic rings. The third-order valence-electron chi connectivity index (χ3n) is 19.9. The van der Waals surface area contributed by atoms with Gasteiger partial charge in [0.25, 0.3) is 0 Å². The van der Waals surface area contributed by atoms with Crippen LogP contribution in [-0.4, -0.2) is 29.9 Å². The standard InChI is InChI=1S/C52H35N3.C46H31N3/c1-5-19-36(20-6-1)49-53-50(37-21-7-2-8-22-37)55-51(54-49)46-31-16-15-29-43(46)42-28-14-13-27-41(42)38-33-34-45-44-30-17-18-32-47(44)52(48(45)35-38,39-23-9-3-10-24-39)40-25-11-4-12-26-40;1-5-16-33(17-6-1)43-47-44(34-18-7-2-8-19-34)49-45(48-43)35-30-28-32(29-31-35)38-25-15-27-41-42(38)39-24-13-14-26-40(39)46(41,36-20-9-3-10-21-36)37-22-11-4-12-23-37/h1-35H;1-31H/i;1D,2D,5D,6D,7D,8D,16D,17D,18D,19D. The van der Waals surface area contributed by atoms with Gasteiger partial charge in [-0.2, -0.15) is 0 Å². The van der Waals surface area contributed by atoms with E-state index < -0.39 is 71.3 Å². The summed E-state index contributed by atoms with van der Waals surface area (Å²) in [5.74, 6) is 1.30. The Morgan fingerprint density at radius 2 is 0.490 bits per heavy atom. The SMILES string of the molecule is [2H]c1c([2H])c([2H])c(-c2nc(-c3ccc(-c4cccc5c4-c4ccccc4C5(c4ccccc4)c4ccccc4)cc3)nc(-c3c([2H])c([2H])c([2H])c([2H])c3[2H])n2)c([2H])c1[2H].c1ccc(-c2nc(-c3ccccc3)nc(-c3ccccc3-c3ccccc3-c3ccc4c(c3)C(c3ccccc3)(c3ccccc3)c3ccccc3-4)n2)cc1. The number of hydrogen-bond acceptors (Lipinski definition) is 6. The summed E-state index contributed by atoms with van der Waals surface area (Å²) in [6.45, 7) is 0. The summed E-state index contributed by atoms with van der Waals surface area (Å²) in [7, 11) is 0. The Hall–Kier alpha value is -13.7. The minimum atomic E-state index is -0.600. The molecule has 2 aliphatic carbocycles. The maximum Gasteiger partial charge on any atom is 0.164 e. The molecule has 15 aromatic carbocycles. The van der Waals surface area contributed by atoms with Crippen molar-refractivity contribution in [1.29, 1.82) is 0 Å². The van der Waals surface area contributed by atoms with Gasteiger partial charge in [-0.25, -0.2) is 29.9 Å².